The number of carbonyl (C=O) groups is 1. The first-order valence-corrected chi connectivity index (χ1v) is 9.76. The van der Waals surface area contributed by atoms with E-state index in [0.717, 1.165) is 0 Å². The highest BCUT2D eigenvalue weighted by atomic mass is 31.2. The minimum absolute atomic E-state index is 0.117. The molecule has 24 heavy (non-hydrogen) atoms. The van der Waals surface area contributed by atoms with Gasteiger partial charge in [0.25, 0.3) is 0 Å². The van der Waals surface area contributed by atoms with Crippen molar-refractivity contribution >= 4 is 23.9 Å². The molecule has 128 valence electrons. The summed E-state index contributed by atoms with van der Waals surface area (Å²) in [7, 11) is -1.58. The molecule has 0 bridgehead atoms. The zero-order chi connectivity index (χ0) is 17.7. The van der Waals surface area contributed by atoms with Gasteiger partial charge in [0.05, 0.1) is 0 Å². The molecule has 0 unspecified atom stereocenters. The largest absolute Gasteiger partial charge is 0.480 e. The third-order valence-electron chi connectivity index (χ3n) is 4.50. The zero-order valence-electron chi connectivity index (χ0n) is 14.3. The van der Waals surface area contributed by atoms with E-state index in [1.165, 1.54) is 0 Å². The molecule has 2 aromatic rings. The van der Waals surface area contributed by atoms with Gasteiger partial charge >= 0.3 is 5.97 Å². The Morgan fingerprint density at radius 2 is 1.46 bits per heavy atom. The van der Waals surface area contributed by atoms with Gasteiger partial charge in [-0.15, -0.1) is 0 Å². The number of hydrogen-bond acceptors (Lipinski definition) is 2. The maximum Gasteiger partial charge on any atom is 0.321 e. The smallest absolute Gasteiger partial charge is 0.321 e. The summed E-state index contributed by atoms with van der Waals surface area (Å²) in [5.41, 5.74) is 0. The predicted molar refractivity (Wildman–Crippen MR) is 98.4 cm³/mol. The van der Waals surface area contributed by atoms with Crippen LogP contribution in [0.15, 0.2) is 60.7 Å². The fourth-order valence-corrected chi connectivity index (χ4v) is 5.80. The summed E-state index contributed by atoms with van der Waals surface area (Å²) in [6.45, 7) is 3.83. The van der Waals surface area contributed by atoms with Crippen molar-refractivity contribution < 1.29 is 14.5 Å². The fourth-order valence-electron chi connectivity index (χ4n) is 2.94. The van der Waals surface area contributed by atoms with Crippen LogP contribution in [0.3, 0.4) is 0 Å². The Kier molecular flexibility index (Phi) is 5.98. The molecule has 0 heterocycles. The summed E-state index contributed by atoms with van der Waals surface area (Å²) in [6.07, 6.45) is 0.699. The average Bonchev–Trinajstić information content (AvgIpc) is 2.62. The average molecular weight is 345 g/mol. The topological polar surface area (TPSA) is 57.6 Å². The lowest BCUT2D eigenvalue weighted by Gasteiger charge is -2.36. The maximum absolute atomic E-state index is 14.1. The second-order valence-corrected chi connectivity index (χ2v) is 8.81. The first-order chi connectivity index (χ1) is 11.4. The third-order valence-corrected chi connectivity index (χ3v) is 7.63. The van der Waals surface area contributed by atoms with Gasteiger partial charge in [0.15, 0.2) is 0 Å². The Bertz CT molecular complexity index is 674. The van der Waals surface area contributed by atoms with Gasteiger partial charge < -0.3 is 5.11 Å². The first kappa shape index (κ1) is 18.4. The van der Waals surface area contributed by atoms with Crippen LogP contribution in [0.1, 0.15) is 20.3 Å². The van der Waals surface area contributed by atoms with Crippen LogP contribution >= 0.6 is 7.29 Å². The van der Waals surface area contributed by atoms with Crippen LogP contribution in [0.5, 0.6) is 0 Å². The van der Waals surface area contributed by atoms with Gasteiger partial charge in [-0.2, -0.15) is 0 Å². The van der Waals surface area contributed by atoms with Crippen molar-refractivity contribution in [2.75, 3.05) is 7.05 Å². The second kappa shape index (κ2) is 7.78. The van der Waals surface area contributed by atoms with Crippen LogP contribution in [0, 0.1) is 5.92 Å². The van der Waals surface area contributed by atoms with Gasteiger partial charge in [0.2, 0.25) is 7.29 Å². The van der Waals surface area contributed by atoms with E-state index in [1.54, 1.807) is 36.0 Å². The molecule has 4 nitrogen and oxygen atoms in total. The Balaban J connectivity index is 2.63. The summed E-state index contributed by atoms with van der Waals surface area (Å²) in [6, 6.07) is 17.5. The molecule has 1 N–H and O–H groups in total. The lowest BCUT2D eigenvalue weighted by Crippen LogP contribution is -2.45. The van der Waals surface area contributed by atoms with Crippen molar-refractivity contribution in [2.45, 2.75) is 26.3 Å². The van der Waals surface area contributed by atoms with Gasteiger partial charge in [-0.25, -0.2) is 4.67 Å². The molecule has 0 aliphatic heterocycles. The highest BCUT2D eigenvalue weighted by molar-refractivity contribution is 7.76. The highest BCUT2D eigenvalue weighted by Crippen LogP contribution is 2.48. The molecule has 0 radical (unpaired) electrons. The van der Waals surface area contributed by atoms with Crippen LogP contribution in [-0.2, 0) is 9.36 Å². The van der Waals surface area contributed by atoms with Crippen LogP contribution in [0.2, 0.25) is 0 Å². The molecule has 2 atom stereocenters. The number of carboxylic acid groups (broad SMARTS) is 1. The van der Waals surface area contributed by atoms with E-state index in [0.29, 0.717) is 17.0 Å². The number of carboxylic acids is 1. The maximum atomic E-state index is 14.1. The summed E-state index contributed by atoms with van der Waals surface area (Å²) in [4.78, 5) is 11.9. The minimum atomic E-state index is -3.24. The highest BCUT2D eigenvalue weighted by Gasteiger charge is 2.41. The van der Waals surface area contributed by atoms with Crippen molar-refractivity contribution in [1.29, 1.82) is 0 Å². The van der Waals surface area contributed by atoms with E-state index in [1.807, 2.05) is 50.2 Å². The molecule has 0 saturated carbocycles. The molecule has 0 spiro atoms. The van der Waals surface area contributed by atoms with E-state index in [2.05, 4.69) is 0 Å². The monoisotopic (exact) mass is 345 g/mol. The number of aliphatic carboxylic acids is 1. The van der Waals surface area contributed by atoms with Crippen molar-refractivity contribution in [3.05, 3.63) is 60.7 Å². The summed E-state index contributed by atoms with van der Waals surface area (Å²) in [5, 5.41) is 11.0. The van der Waals surface area contributed by atoms with Crippen LogP contribution in [0.25, 0.3) is 0 Å². The Labute approximate surface area is 143 Å². The number of nitrogens with zero attached hydrogens (tertiary/aromatic N) is 1. The number of likely N-dealkylation sites (N-methyl/N-ethyl adjacent to an activating group) is 1. The van der Waals surface area contributed by atoms with Crippen molar-refractivity contribution in [2.24, 2.45) is 5.92 Å². The van der Waals surface area contributed by atoms with Crippen molar-refractivity contribution in [1.82, 2.24) is 4.67 Å². The van der Waals surface area contributed by atoms with Crippen molar-refractivity contribution in [3.63, 3.8) is 0 Å². The Morgan fingerprint density at radius 1 is 1.04 bits per heavy atom. The lowest BCUT2D eigenvalue weighted by atomic mass is 10.00. The summed E-state index contributed by atoms with van der Waals surface area (Å²) >= 11 is 0. The van der Waals surface area contributed by atoms with Crippen LogP contribution < -0.4 is 10.6 Å². The molecule has 2 aromatic carbocycles. The van der Waals surface area contributed by atoms with Crippen LogP contribution in [-0.4, -0.2) is 28.8 Å². The van der Waals surface area contributed by atoms with E-state index < -0.39 is 19.3 Å². The van der Waals surface area contributed by atoms with Gasteiger partial charge in [-0.3, -0.25) is 9.36 Å². The quantitative estimate of drug-likeness (QED) is 0.782. The predicted octanol–water partition coefficient (Wildman–Crippen LogP) is 3.35. The third kappa shape index (κ3) is 3.45. The molecule has 0 aliphatic carbocycles. The molecule has 0 fully saturated rings. The van der Waals surface area contributed by atoms with Gasteiger partial charge in [-0.05, 0) is 37.2 Å². The van der Waals surface area contributed by atoms with Gasteiger partial charge in [0.1, 0.15) is 6.04 Å². The molecule has 0 aliphatic rings. The lowest BCUT2D eigenvalue weighted by molar-refractivity contribution is -0.142. The molecule has 5 heteroatoms. The Hall–Kier alpha value is -1.90. The molecule has 0 amide bonds. The minimum Gasteiger partial charge on any atom is -0.480 e. The van der Waals surface area contributed by atoms with Crippen LogP contribution in [0.4, 0.5) is 0 Å². The summed E-state index contributed by atoms with van der Waals surface area (Å²) in [5.74, 6) is -1.06. The number of hydrogen-bond donors (Lipinski definition) is 1. The molecule has 0 saturated heterocycles. The molecular weight excluding hydrogens is 321 g/mol. The summed E-state index contributed by atoms with van der Waals surface area (Å²) < 4.78 is 15.7. The van der Waals surface area contributed by atoms with Gasteiger partial charge in [0, 0.05) is 10.6 Å². The standard InChI is InChI=1S/C19H24NO3P/c1-4-15(2)18(19(21)22)20(3)24(23,16-11-7-5-8-12-16)17-13-9-6-10-14-17/h5-15,18H,4H2,1-3H3,(H,21,22)/t15-,18-/m0/s1. The van der Waals surface area contributed by atoms with E-state index in [9.17, 15) is 14.5 Å². The van der Waals surface area contributed by atoms with Crippen molar-refractivity contribution in [3.8, 4) is 0 Å². The Morgan fingerprint density at radius 3 is 1.79 bits per heavy atom. The zero-order valence-corrected chi connectivity index (χ0v) is 15.2. The van der Waals surface area contributed by atoms with E-state index in [4.69, 9.17) is 0 Å². The van der Waals surface area contributed by atoms with E-state index in [-0.39, 0.29) is 5.92 Å². The second-order valence-electron chi connectivity index (χ2n) is 5.99. The molecular formula is C19H24NO3P. The number of benzene rings is 2. The first-order valence-electron chi connectivity index (χ1n) is 8.10. The number of rotatable bonds is 7. The molecule has 2 rings (SSSR count). The SMILES string of the molecule is CC[C@H](C)[C@@H](C(=O)O)N(C)P(=O)(c1ccccc1)c1ccccc1. The normalized spacial score (nSPS) is 14.3. The fraction of sp³-hybridized carbons (Fsp3) is 0.316. The van der Waals surface area contributed by atoms with E-state index >= 15 is 0 Å². The molecule has 0 aromatic heterocycles. The van der Waals surface area contributed by atoms with Gasteiger partial charge in [-0.1, -0.05) is 56.7 Å².